The van der Waals surface area contributed by atoms with Crippen molar-refractivity contribution in [2.45, 2.75) is 52.3 Å². The Kier molecular flexibility index (Phi) is 6.15. The van der Waals surface area contributed by atoms with E-state index in [1.165, 1.54) is 5.56 Å². The van der Waals surface area contributed by atoms with Gasteiger partial charge in [-0.05, 0) is 51.2 Å². The van der Waals surface area contributed by atoms with E-state index in [4.69, 9.17) is 9.47 Å². The molecule has 118 valence electrons. The van der Waals surface area contributed by atoms with Crippen LogP contribution >= 0.6 is 0 Å². The molecule has 0 unspecified atom stereocenters. The molecule has 0 spiro atoms. The van der Waals surface area contributed by atoms with Crippen molar-refractivity contribution >= 4 is 0 Å². The Morgan fingerprint density at radius 1 is 1.29 bits per heavy atom. The van der Waals surface area contributed by atoms with E-state index in [2.05, 4.69) is 43.2 Å². The summed E-state index contributed by atoms with van der Waals surface area (Å²) in [6, 6.07) is 4.18. The largest absolute Gasteiger partial charge is 0.381 e. The summed E-state index contributed by atoms with van der Waals surface area (Å²) in [6.45, 7) is 10.5. The first kappa shape index (κ1) is 16.4. The summed E-state index contributed by atoms with van der Waals surface area (Å²) in [5.74, 6) is 0.647. The maximum absolute atomic E-state index is 5.78. The Labute approximate surface area is 128 Å². The molecular weight excluding hydrogens is 264 g/mol. The molecule has 0 atom stereocenters. The molecule has 1 aromatic rings. The predicted octanol–water partition coefficient (Wildman–Crippen LogP) is 2.91. The average Bonchev–Trinajstić information content (AvgIpc) is 2.47. The van der Waals surface area contributed by atoms with Gasteiger partial charge >= 0.3 is 0 Å². The molecule has 0 amide bonds. The summed E-state index contributed by atoms with van der Waals surface area (Å²) >= 11 is 0. The average molecular weight is 292 g/mol. The SMILES string of the molecule is CC(C)(C)NCc1ccc(COCC2CCOCC2)nc1. The molecule has 1 aliphatic heterocycles. The van der Waals surface area contributed by atoms with E-state index in [0.717, 1.165) is 44.9 Å². The monoisotopic (exact) mass is 292 g/mol. The third kappa shape index (κ3) is 6.55. The third-order valence-corrected chi connectivity index (χ3v) is 3.65. The molecule has 1 fully saturated rings. The fourth-order valence-electron chi connectivity index (χ4n) is 2.26. The van der Waals surface area contributed by atoms with Crippen molar-refractivity contribution in [1.82, 2.24) is 10.3 Å². The second kappa shape index (κ2) is 7.87. The van der Waals surface area contributed by atoms with Crippen LogP contribution in [0.15, 0.2) is 18.3 Å². The van der Waals surface area contributed by atoms with E-state index in [0.29, 0.717) is 12.5 Å². The van der Waals surface area contributed by atoms with Crippen LogP contribution in [0.1, 0.15) is 44.9 Å². The normalized spacial score (nSPS) is 17.1. The van der Waals surface area contributed by atoms with Gasteiger partial charge in [0.05, 0.1) is 18.9 Å². The van der Waals surface area contributed by atoms with Crippen LogP contribution in [0.2, 0.25) is 0 Å². The zero-order valence-electron chi connectivity index (χ0n) is 13.5. The molecule has 1 aliphatic rings. The van der Waals surface area contributed by atoms with Crippen molar-refractivity contribution in [3.63, 3.8) is 0 Å². The number of hydrogen-bond acceptors (Lipinski definition) is 4. The van der Waals surface area contributed by atoms with Gasteiger partial charge in [0.25, 0.3) is 0 Å². The standard InChI is InChI=1S/C17H28N2O2/c1-17(2,3)19-11-15-4-5-16(18-10-15)13-21-12-14-6-8-20-9-7-14/h4-5,10,14,19H,6-9,11-13H2,1-3H3. The quantitative estimate of drug-likeness (QED) is 0.875. The van der Waals surface area contributed by atoms with Crippen molar-refractivity contribution in [3.8, 4) is 0 Å². The zero-order valence-corrected chi connectivity index (χ0v) is 13.5. The van der Waals surface area contributed by atoms with Gasteiger partial charge in [-0.25, -0.2) is 0 Å². The number of rotatable bonds is 6. The van der Waals surface area contributed by atoms with Crippen LogP contribution < -0.4 is 5.32 Å². The molecule has 1 aromatic heterocycles. The lowest BCUT2D eigenvalue weighted by Crippen LogP contribution is -2.35. The highest BCUT2D eigenvalue weighted by molar-refractivity contribution is 5.13. The maximum atomic E-state index is 5.78. The molecule has 0 bridgehead atoms. The van der Waals surface area contributed by atoms with Crippen LogP contribution in [0.3, 0.4) is 0 Å². The van der Waals surface area contributed by atoms with Gasteiger partial charge in [0.2, 0.25) is 0 Å². The van der Waals surface area contributed by atoms with Crippen molar-refractivity contribution < 1.29 is 9.47 Å². The molecule has 4 heteroatoms. The Hall–Kier alpha value is -0.970. The predicted molar refractivity (Wildman–Crippen MR) is 84.0 cm³/mol. The van der Waals surface area contributed by atoms with E-state index in [1.807, 2.05) is 6.20 Å². The van der Waals surface area contributed by atoms with Gasteiger partial charge in [0.1, 0.15) is 0 Å². The molecule has 0 aliphatic carbocycles. The van der Waals surface area contributed by atoms with Crippen LogP contribution in [-0.4, -0.2) is 30.3 Å². The third-order valence-electron chi connectivity index (χ3n) is 3.65. The fourth-order valence-corrected chi connectivity index (χ4v) is 2.26. The summed E-state index contributed by atoms with van der Waals surface area (Å²) in [5.41, 5.74) is 2.34. The zero-order chi connectivity index (χ0) is 15.1. The molecule has 4 nitrogen and oxygen atoms in total. The molecular formula is C17H28N2O2. The molecule has 1 N–H and O–H groups in total. The van der Waals surface area contributed by atoms with Crippen LogP contribution in [0.4, 0.5) is 0 Å². The van der Waals surface area contributed by atoms with Crippen LogP contribution in [0, 0.1) is 5.92 Å². The first-order chi connectivity index (χ1) is 10.0. The van der Waals surface area contributed by atoms with Crippen molar-refractivity contribution in [1.29, 1.82) is 0 Å². The summed E-state index contributed by atoms with van der Waals surface area (Å²) in [5, 5.41) is 3.46. The number of nitrogens with zero attached hydrogens (tertiary/aromatic N) is 1. The Balaban J connectivity index is 1.69. The minimum absolute atomic E-state index is 0.130. The van der Waals surface area contributed by atoms with E-state index < -0.39 is 0 Å². The van der Waals surface area contributed by atoms with Gasteiger partial charge in [-0.2, -0.15) is 0 Å². The summed E-state index contributed by atoms with van der Waals surface area (Å²) in [4.78, 5) is 4.47. The van der Waals surface area contributed by atoms with Crippen molar-refractivity contribution in [2.75, 3.05) is 19.8 Å². The summed E-state index contributed by atoms with van der Waals surface area (Å²) < 4.78 is 11.1. The van der Waals surface area contributed by atoms with Gasteiger partial charge in [-0.3, -0.25) is 4.98 Å². The lowest BCUT2D eigenvalue weighted by atomic mass is 10.0. The highest BCUT2D eigenvalue weighted by Crippen LogP contribution is 2.15. The number of nitrogens with one attached hydrogen (secondary N) is 1. The lowest BCUT2D eigenvalue weighted by Gasteiger charge is -2.21. The van der Waals surface area contributed by atoms with Crippen LogP contribution in [0.5, 0.6) is 0 Å². The molecule has 0 saturated carbocycles. The molecule has 21 heavy (non-hydrogen) atoms. The van der Waals surface area contributed by atoms with Crippen LogP contribution in [0.25, 0.3) is 0 Å². The van der Waals surface area contributed by atoms with Gasteiger partial charge in [-0.15, -0.1) is 0 Å². The van der Waals surface area contributed by atoms with Gasteiger partial charge in [0, 0.05) is 31.5 Å². The second-order valence-corrected chi connectivity index (χ2v) is 6.83. The minimum Gasteiger partial charge on any atom is -0.381 e. The lowest BCUT2D eigenvalue weighted by molar-refractivity contribution is 0.0150. The molecule has 0 radical (unpaired) electrons. The van der Waals surface area contributed by atoms with Gasteiger partial charge in [0.15, 0.2) is 0 Å². The molecule has 2 rings (SSSR count). The number of aromatic nitrogens is 1. The fraction of sp³-hybridized carbons (Fsp3) is 0.706. The topological polar surface area (TPSA) is 43.4 Å². The first-order valence-electron chi connectivity index (χ1n) is 7.87. The molecule has 1 saturated heterocycles. The molecule has 0 aromatic carbocycles. The minimum atomic E-state index is 0.130. The second-order valence-electron chi connectivity index (χ2n) is 6.83. The number of pyridine rings is 1. The highest BCUT2D eigenvalue weighted by Gasteiger charge is 2.13. The van der Waals surface area contributed by atoms with Gasteiger partial charge < -0.3 is 14.8 Å². The van der Waals surface area contributed by atoms with E-state index in [1.54, 1.807) is 0 Å². The summed E-state index contributed by atoms with van der Waals surface area (Å²) in [7, 11) is 0. The van der Waals surface area contributed by atoms with E-state index >= 15 is 0 Å². The van der Waals surface area contributed by atoms with Crippen molar-refractivity contribution in [3.05, 3.63) is 29.6 Å². The number of ether oxygens (including phenoxy) is 2. The van der Waals surface area contributed by atoms with Crippen LogP contribution in [-0.2, 0) is 22.6 Å². The highest BCUT2D eigenvalue weighted by atomic mass is 16.5. The van der Waals surface area contributed by atoms with E-state index in [9.17, 15) is 0 Å². The molecule has 2 heterocycles. The number of hydrogen-bond donors (Lipinski definition) is 1. The smallest absolute Gasteiger partial charge is 0.0887 e. The van der Waals surface area contributed by atoms with Crippen molar-refractivity contribution in [2.24, 2.45) is 5.92 Å². The Morgan fingerprint density at radius 3 is 2.67 bits per heavy atom. The maximum Gasteiger partial charge on any atom is 0.0887 e. The Morgan fingerprint density at radius 2 is 2.05 bits per heavy atom. The Bertz CT molecular complexity index is 406. The van der Waals surface area contributed by atoms with Gasteiger partial charge in [-0.1, -0.05) is 6.07 Å². The van der Waals surface area contributed by atoms with E-state index in [-0.39, 0.29) is 5.54 Å². The first-order valence-corrected chi connectivity index (χ1v) is 7.87. The summed E-state index contributed by atoms with van der Waals surface area (Å²) in [6.07, 6.45) is 4.17.